The Bertz CT molecular complexity index is 576. The molecule has 4 heteroatoms. The van der Waals surface area contributed by atoms with Crippen molar-refractivity contribution in [2.75, 3.05) is 13.2 Å². The van der Waals surface area contributed by atoms with Gasteiger partial charge in [0.2, 0.25) is 5.91 Å². The van der Waals surface area contributed by atoms with Crippen LogP contribution in [-0.4, -0.2) is 30.1 Å². The third-order valence-corrected chi connectivity index (χ3v) is 2.98. The van der Waals surface area contributed by atoms with Gasteiger partial charge >= 0.3 is 0 Å². The number of rotatable bonds is 6. The van der Waals surface area contributed by atoms with Crippen LogP contribution in [0.4, 0.5) is 0 Å². The van der Waals surface area contributed by atoms with Gasteiger partial charge in [-0.25, -0.2) is 0 Å². The molecule has 0 radical (unpaired) electrons. The van der Waals surface area contributed by atoms with Crippen LogP contribution in [0.25, 0.3) is 10.9 Å². The van der Waals surface area contributed by atoms with Crippen molar-refractivity contribution in [3.05, 3.63) is 42.1 Å². The summed E-state index contributed by atoms with van der Waals surface area (Å²) in [4.78, 5) is 16.0. The van der Waals surface area contributed by atoms with Crippen LogP contribution in [0, 0.1) is 0 Å². The van der Waals surface area contributed by atoms with Gasteiger partial charge in [0.05, 0.1) is 11.6 Å². The monoisotopic (exact) mass is 272 g/mol. The van der Waals surface area contributed by atoms with E-state index in [2.05, 4.69) is 10.3 Å². The van der Waals surface area contributed by atoms with Gasteiger partial charge in [-0.15, -0.1) is 0 Å². The van der Waals surface area contributed by atoms with Crippen molar-refractivity contribution in [3.8, 4) is 0 Å². The second-order valence-electron chi connectivity index (χ2n) is 4.95. The Kier molecular flexibility index (Phi) is 5.07. The second kappa shape index (κ2) is 7.01. The van der Waals surface area contributed by atoms with E-state index >= 15 is 0 Å². The van der Waals surface area contributed by atoms with Gasteiger partial charge in [-0.3, -0.25) is 9.78 Å². The maximum atomic E-state index is 11.5. The second-order valence-corrected chi connectivity index (χ2v) is 4.95. The Morgan fingerprint density at radius 1 is 1.30 bits per heavy atom. The predicted octanol–water partition coefficient (Wildman–Crippen LogP) is 2.32. The lowest BCUT2D eigenvalue weighted by molar-refractivity contribution is -0.127. The van der Waals surface area contributed by atoms with Crippen molar-refractivity contribution in [2.45, 2.75) is 26.4 Å². The first kappa shape index (κ1) is 14.5. The molecule has 1 heterocycles. The molecule has 20 heavy (non-hydrogen) atoms. The van der Waals surface area contributed by atoms with E-state index in [0.717, 1.165) is 22.9 Å². The number of amides is 1. The minimum Gasteiger partial charge on any atom is -0.369 e. The van der Waals surface area contributed by atoms with Gasteiger partial charge in [-0.05, 0) is 31.9 Å². The van der Waals surface area contributed by atoms with Crippen LogP contribution in [0.3, 0.4) is 0 Å². The molecule has 0 fully saturated rings. The average Bonchev–Trinajstić information content (AvgIpc) is 2.45. The molecule has 0 saturated heterocycles. The summed E-state index contributed by atoms with van der Waals surface area (Å²) < 4.78 is 5.25. The number of ether oxygens (including phenoxy) is 1. The highest BCUT2D eigenvalue weighted by Crippen LogP contribution is 2.15. The Morgan fingerprint density at radius 3 is 2.90 bits per heavy atom. The van der Waals surface area contributed by atoms with Crippen molar-refractivity contribution in [1.82, 2.24) is 10.3 Å². The number of benzene rings is 1. The number of nitrogens with zero attached hydrogens (tertiary/aromatic N) is 1. The summed E-state index contributed by atoms with van der Waals surface area (Å²) >= 11 is 0. The molecule has 1 aromatic heterocycles. The van der Waals surface area contributed by atoms with Crippen LogP contribution in [-0.2, 0) is 16.0 Å². The summed E-state index contributed by atoms with van der Waals surface area (Å²) in [6, 6.07) is 10.1. The zero-order valence-corrected chi connectivity index (χ0v) is 11.9. The third-order valence-electron chi connectivity index (χ3n) is 2.98. The summed E-state index contributed by atoms with van der Waals surface area (Å²) in [7, 11) is 0. The predicted molar refractivity (Wildman–Crippen MR) is 79.5 cm³/mol. The number of fused-ring (bicyclic) bond motifs is 1. The molecule has 1 amide bonds. The van der Waals surface area contributed by atoms with Crippen molar-refractivity contribution < 1.29 is 9.53 Å². The highest BCUT2D eigenvalue weighted by molar-refractivity contribution is 5.81. The first-order chi connectivity index (χ1) is 9.66. The smallest absolute Gasteiger partial charge is 0.246 e. The molecule has 2 aromatic rings. The molecule has 0 unspecified atom stereocenters. The summed E-state index contributed by atoms with van der Waals surface area (Å²) in [6.07, 6.45) is 2.63. The van der Waals surface area contributed by atoms with Crippen LogP contribution >= 0.6 is 0 Å². The summed E-state index contributed by atoms with van der Waals surface area (Å²) in [5.41, 5.74) is 2.15. The van der Waals surface area contributed by atoms with E-state index in [1.165, 1.54) is 0 Å². The molecule has 0 atom stereocenters. The number of hydrogen-bond donors (Lipinski definition) is 1. The molecule has 106 valence electrons. The minimum absolute atomic E-state index is 0.0722. The lowest BCUT2D eigenvalue weighted by Crippen LogP contribution is -2.30. The van der Waals surface area contributed by atoms with Gasteiger partial charge in [-0.2, -0.15) is 0 Å². The standard InChI is InChI=1S/C16H20N2O2/c1-12(2)20-11-15(19)17-10-8-14-6-3-5-13-7-4-9-18-16(13)14/h3-7,9,12H,8,10-11H2,1-2H3,(H,17,19). The van der Waals surface area contributed by atoms with Crippen LogP contribution in [0.1, 0.15) is 19.4 Å². The average molecular weight is 272 g/mol. The number of aromatic nitrogens is 1. The Balaban J connectivity index is 1.88. The number of carbonyl (C=O) groups is 1. The van der Waals surface area contributed by atoms with Gasteiger partial charge in [0.25, 0.3) is 0 Å². The van der Waals surface area contributed by atoms with Crippen LogP contribution in [0.15, 0.2) is 36.5 Å². The zero-order chi connectivity index (χ0) is 14.4. The molecular formula is C16H20N2O2. The van der Waals surface area contributed by atoms with E-state index < -0.39 is 0 Å². The van der Waals surface area contributed by atoms with E-state index in [0.29, 0.717) is 6.54 Å². The Labute approximate surface area is 119 Å². The molecule has 0 spiro atoms. The van der Waals surface area contributed by atoms with Crippen molar-refractivity contribution in [2.24, 2.45) is 0 Å². The lowest BCUT2D eigenvalue weighted by atomic mass is 10.1. The molecule has 0 bridgehead atoms. The molecule has 0 saturated carbocycles. The topological polar surface area (TPSA) is 51.2 Å². The summed E-state index contributed by atoms with van der Waals surface area (Å²) in [6.45, 7) is 4.53. The van der Waals surface area contributed by atoms with Crippen LogP contribution in [0.2, 0.25) is 0 Å². The molecule has 0 aliphatic heterocycles. The van der Waals surface area contributed by atoms with Crippen LogP contribution in [0.5, 0.6) is 0 Å². The van der Waals surface area contributed by atoms with E-state index in [9.17, 15) is 4.79 Å². The number of para-hydroxylation sites is 1. The number of pyridine rings is 1. The fraction of sp³-hybridized carbons (Fsp3) is 0.375. The van der Waals surface area contributed by atoms with Crippen molar-refractivity contribution in [1.29, 1.82) is 0 Å². The number of hydrogen-bond acceptors (Lipinski definition) is 3. The maximum absolute atomic E-state index is 11.5. The maximum Gasteiger partial charge on any atom is 0.246 e. The number of nitrogens with one attached hydrogen (secondary N) is 1. The first-order valence-corrected chi connectivity index (χ1v) is 6.88. The Morgan fingerprint density at radius 2 is 2.10 bits per heavy atom. The largest absolute Gasteiger partial charge is 0.369 e. The molecule has 1 N–H and O–H groups in total. The Hall–Kier alpha value is -1.94. The van der Waals surface area contributed by atoms with E-state index in [-0.39, 0.29) is 18.6 Å². The SMILES string of the molecule is CC(C)OCC(=O)NCCc1cccc2cccnc12. The molecule has 1 aromatic carbocycles. The quantitative estimate of drug-likeness (QED) is 0.878. The highest BCUT2D eigenvalue weighted by Gasteiger charge is 2.05. The van der Waals surface area contributed by atoms with Crippen molar-refractivity contribution in [3.63, 3.8) is 0 Å². The highest BCUT2D eigenvalue weighted by atomic mass is 16.5. The van der Waals surface area contributed by atoms with E-state index in [1.54, 1.807) is 6.20 Å². The van der Waals surface area contributed by atoms with Gasteiger partial charge < -0.3 is 10.1 Å². The minimum atomic E-state index is -0.0769. The fourth-order valence-corrected chi connectivity index (χ4v) is 2.00. The zero-order valence-electron chi connectivity index (χ0n) is 11.9. The normalized spacial score (nSPS) is 10.9. The molecule has 4 nitrogen and oxygen atoms in total. The first-order valence-electron chi connectivity index (χ1n) is 6.88. The fourth-order valence-electron chi connectivity index (χ4n) is 2.00. The summed E-state index contributed by atoms with van der Waals surface area (Å²) in [5, 5.41) is 3.98. The molecule has 0 aliphatic rings. The molecule has 2 rings (SSSR count). The van der Waals surface area contributed by atoms with Gasteiger partial charge in [0.15, 0.2) is 0 Å². The molecular weight excluding hydrogens is 252 g/mol. The van der Waals surface area contributed by atoms with E-state index in [4.69, 9.17) is 4.74 Å². The molecule has 0 aliphatic carbocycles. The lowest BCUT2D eigenvalue weighted by Gasteiger charge is -2.09. The van der Waals surface area contributed by atoms with Crippen LogP contribution < -0.4 is 5.32 Å². The van der Waals surface area contributed by atoms with Gasteiger partial charge in [0, 0.05) is 18.1 Å². The number of carbonyl (C=O) groups excluding carboxylic acids is 1. The summed E-state index contributed by atoms with van der Waals surface area (Å²) in [5.74, 6) is -0.0769. The third kappa shape index (κ3) is 4.03. The van der Waals surface area contributed by atoms with E-state index in [1.807, 2.05) is 44.2 Å². The van der Waals surface area contributed by atoms with Gasteiger partial charge in [0.1, 0.15) is 6.61 Å². The van der Waals surface area contributed by atoms with Gasteiger partial charge in [-0.1, -0.05) is 24.3 Å². The van der Waals surface area contributed by atoms with Crippen molar-refractivity contribution >= 4 is 16.8 Å².